The van der Waals surface area contributed by atoms with Crippen LogP contribution >= 0.6 is 11.3 Å². The van der Waals surface area contributed by atoms with E-state index in [0.29, 0.717) is 26.9 Å². The zero-order valence-corrected chi connectivity index (χ0v) is 17.0. The number of aryl methyl sites for hydroxylation is 1. The summed E-state index contributed by atoms with van der Waals surface area (Å²) in [5.41, 5.74) is 0.695. The van der Waals surface area contributed by atoms with Crippen LogP contribution in [0.2, 0.25) is 0 Å². The summed E-state index contributed by atoms with van der Waals surface area (Å²) in [5, 5.41) is 3.07. The molecule has 0 bridgehead atoms. The number of esters is 2. The first-order valence-electron chi connectivity index (χ1n) is 9.05. The predicted octanol–water partition coefficient (Wildman–Crippen LogP) is 2.94. The third-order valence-electron chi connectivity index (χ3n) is 4.06. The fraction of sp³-hybridized carbons (Fsp3) is 0.350. The van der Waals surface area contributed by atoms with Crippen LogP contribution in [0.15, 0.2) is 30.3 Å². The van der Waals surface area contributed by atoms with Crippen molar-refractivity contribution in [2.75, 3.05) is 18.5 Å². The van der Waals surface area contributed by atoms with E-state index in [1.54, 1.807) is 51.1 Å². The summed E-state index contributed by atoms with van der Waals surface area (Å²) in [6, 6.07) is 8.66. The molecule has 2 atom stereocenters. The molecule has 1 amide bonds. The summed E-state index contributed by atoms with van der Waals surface area (Å²) in [5.74, 6) is -0.674. The van der Waals surface area contributed by atoms with Gasteiger partial charge < -0.3 is 24.3 Å². The number of amides is 1. The normalized spacial score (nSPS) is 17.3. The van der Waals surface area contributed by atoms with E-state index in [2.05, 4.69) is 5.32 Å². The van der Waals surface area contributed by atoms with Crippen LogP contribution in [0.5, 0.6) is 11.5 Å². The lowest BCUT2D eigenvalue weighted by atomic mass is 10.2. The van der Waals surface area contributed by atoms with Gasteiger partial charge in [-0.3, -0.25) is 4.79 Å². The van der Waals surface area contributed by atoms with Gasteiger partial charge in [0.25, 0.3) is 5.91 Å². The number of nitrogens with one attached hydrogen (secondary N) is 1. The Morgan fingerprint density at radius 2 is 1.83 bits per heavy atom. The lowest BCUT2D eigenvalue weighted by molar-refractivity contribution is -0.159. The molecule has 0 saturated carbocycles. The highest BCUT2D eigenvalue weighted by Crippen LogP contribution is 2.33. The number of fused-ring (bicyclic) bond motifs is 1. The second-order valence-corrected chi connectivity index (χ2v) is 7.36. The predicted molar refractivity (Wildman–Crippen MR) is 106 cm³/mol. The fourth-order valence-electron chi connectivity index (χ4n) is 2.71. The first-order chi connectivity index (χ1) is 13.9. The molecule has 0 saturated heterocycles. The Bertz CT molecular complexity index is 923. The van der Waals surface area contributed by atoms with Gasteiger partial charge in [0.2, 0.25) is 6.10 Å². The maximum absolute atomic E-state index is 12.3. The molecular formula is C20H21NO7S. The average molecular weight is 419 g/mol. The van der Waals surface area contributed by atoms with Gasteiger partial charge in [0.15, 0.2) is 18.1 Å². The van der Waals surface area contributed by atoms with Gasteiger partial charge in [-0.2, -0.15) is 0 Å². The quantitative estimate of drug-likeness (QED) is 0.719. The van der Waals surface area contributed by atoms with Crippen molar-refractivity contribution in [2.45, 2.75) is 33.0 Å². The fourth-order valence-corrected chi connectivity index (χ4v) is 3.70. The SMILES string of the molecule is CCOC(=O)c1sc(NC(=O)COC(=O)C2Oc3ccccc3OC2C)cc1C. The number of anilines is 1. The van der Waals surface area contributed by atoms with Crippen LogP contribution in [-0.4, -0.2) is 43.3 Å². The third kappa shape index (κ3) is 4.86. The average Bonchev–Trinajstić information content (AvgIpc) is 3.05. The number of para-hydroxylation sites is 2. The standard InChI is InChI=1S/C20H21NO7S/c1-4-25-20(24)18-11(2)9-16(29-18)21-15(22)10-26-19(23)17-12(3)27-13-7-5-6-8-14(13)28-17/h5-9,12,17H,4,10H2,1-3H3,(H,21,22). The Balaban J connectivity index is 1.54. The molecule has 0 fully saturated rings. The van der Waals surface area contributed by atoms with Crippen LogP contribution in [0.4, 0.5) is 5.00 Å². The second-order valence-electron chi connectivity index (χ2n) is 6.31. The molecule has 154 valence electrons. The zero-order chi connectivity index (χ0) is 21.0. The molecule has 9 heteroatoms. The van der Waals surface area contributed by atoms with Crippen LogP contribution in [0.3, 0.4) is 0 Å². The van der Waals surface area contributed by atoms with Gasteiger partial charge in [-0.15, -0.1) is 11.3 Å². The van der Waals surface area contributed by atoms with Crippen LogP contribution < -0.4 is 14.8 Å². The highest BCUT2D eigenvalue weighted by atomic mass is 32.1. The van der Waals surface area contributed by atoms with Gasteiger partial charge in [-0.25, -0.2) is 9.59 Å². The summed E-state index contributed by atoms with van der Waals surface area (Å²) in [7, 11) is 0. The van der Waals surface area contributed by atoms with Crippen molar-refractivity contribution in [1.82, 2.24) is 0 Å². The molecule has 0 spiro atoms. The minimum absolute atomic E-state index is 0.268. The van der Waals surface area contributed by atoms with Crippen molar-refractivity contribution in [3.63, 3.8) is 0 Å². The van der Waals surface area contributed by atoms with Crippen LogP contribution in [-0.2, 0) is 19.1 Å². The third-order valence-corrected chi connectivity index (χ3v) is 5.19. The maximum atomic E-state index is 12.3. The molecule has 1 aliphatic rings. The van der Waals surface area contributed by atoms with Crippen molar-refractivity contribution in [3.8, 4) is 11.5 Å². The summed E-state index contributed by atoms with van der Waals surface area (Å²) in [4.78, 5) is 36.7. The number of hydrogen-bond acceptors (Lipinski definition) is 8. The van der Waals surface area contributed by atoms with Crippen LogP contribution in [0, 0.1) is 6.92 Å². The molecule has 29 heavy (non-hydrogen) atoms. The monoisotopic (exact) mass is 419 g/mol. The molecule has 1 aliphatic heterocycles. The van der Waals surface area contributed by atoms with Gasteiger partial charge in [-0.1, -0.05) is 12.1 Å². The minimum Gasteiger partial charge on any atom is -0.482 e. The molecule has 2 aromatic rings. The first-order valence-corrected chi connectivity index (χ1v) is 9.87. The van der Waals surface area contributed by atoms with Gasteiger partial charge in [0.1, 0.15) is 11.0 Å². The van der Waals surface area contributed by atoms with E-state index in [-0.39, 0.29) is 6.61 Å². The molecule has 1 aromatic heterocycles. The number of carbonyl (C=O) groups is 3. The number of thiophene rings is 1. The highest BCUT2D eigenvalue weighted by Gasteiger charge is 2.35. The van der Waals surface area contributed by atoms with Crippen molar-refractivity contribution in [1.29, 1.82) is 0 Å². The van der Waals surface area contributed by atoms with Crippen LogP contribution in [0.1, 0.15) is 29.1 Å². The Hall–Kier alpha value is -3.07. The number of ether oxygens (including phenoxy) is 4. The molecular weight excluding hydrogens is 398 g/mol. The molecule has 2 heterocycles. The van der Waals surface area contributed by atoms with Crippen molar-refractivity contribution in [3.05, 3.63) is 40.8 Å². The highest BCUT2D eigenvalue weighted by molar-refractivity contribution is 7.18. The molecule has 0 aliphatic carbocycles. The Morgan fingerprint density at radius 3 is 2.52 bits per heavy atom. The summed E-state index contributed by atoms with van der Waals surface area (Å²) < 4.78 is 21.4. The molecule has 2 unspecified atom stereocenters. The number of hydrogen-bond donors (Lipinski definition) is 1. The van der Waals surface area contributed by atoms with E-state index < -0.39 is 36.7 Å². The molecule has 1 aromatic carbocycles. The largest absolute Gasteiger partial charge is 0.482 e. The van der Waals surface area contributed by atoms with E-state index >= 15 is 0 Å². The summed E-state index contributed by atoms with van der Waals surface area (Å²) >= 11 is 1.10. The van der Waals surface area contributed by atoms with Crippen molar-refractivity contribution in [2.24, 2.45) is 0 Å². The maximum Gasteiger partial charge on any atom is 0.351 e. The number of benzene rings is 1. The lowest BCUT2D eigenvalue weighted by Crippen LogP contribution is -2.45. The second kappa shape index (κ2) is 8.95. The van der Waals surface area contributed by atoms with E-state index in [4.69, 9.17) is 18.9 Å². The van der Waals surface area contributed by atoms with Gasteiger partial charge >= 0.3 is 11.9 Å². The van der Waals surface area contributed by atoms with E-state index in [1.807, 2.05) is 0 Å². The van der Waals surface area contributed by atoms with Crippen molar-refractivity contribution < 1.29 is 33.3 Å². The smallest absolute Gasteiger partial charge is 0.351 e. The zero-order valence-electron chi connectivity index (χ0n) is 16.2. The number of carbonyl (C=O) groups excluding carboxylic acids is 3. The minimum atomic E-state index is -0.975. The summed E-state index contributed by atoms with van der Waals surface area (Å²) in [6.07, 6.45) is -1.54. The van der Waals surface area contributed by atoms with Crippen molar-refractivity contribution >= 4 is 34.2 Å². The Labute approximate surface area is 171 Å². The van der Waals surface area contributed by atoms with Crippen LogP contribution in [0.25, 0.3) is 0 Å². The molecule has 8 nitrogen and oxygen atoms in total. The molecule has 3 rings (SSSR count). The van der Waals surface area contributed by atoms with E-state index in [9.17, 15) is 14.4 Å². The van der Waals surface area contributed by atoms with E-state index in [0.717, 1.165) is 11.3 Å². The first kappa shape index (κ1) is 20.7. The topological polar surface area (TPSA) is 100 Å². The van der Waals surface area contributed by atoms with Gasteiger partial charge in [0, 0.05) is 0 Å². The summed E-state index contributed by atoms with van der Waals surface area (Å²) in [6.45, 7) is 4.94. The van der Waals surface area contributed by atoms with Gasteiger partial charge in [0.05, 0.1) is 11.6 Å². The van der Waals surface area contributed by atoms with E-state index in [1.165, 1.54) is 0 Å². The van der Waals surface area contributed by atoms with Gasteiger partial charge in [-0.05, 0) is 44.5 Å². The lowest BCUT2D eigenvalue weighted by Gasteiger charge is -2.30. The Morgan fingerprint density at radius 1 is 1.14 bits per heavy atom. The molecule has 0 radical (unpaired) electrons. The molecule has 1 N–H and O–H groups in total. The number of rotatable bonds is 6. The Kier molecular flexibility index (Phi) is 6.38.